The van der Waals surface area contributed by atoms with E-state index in [4.69, 9.17) is 16.2 Å². The van der Waals surface area contributed by atoms with E-state index in [1.165, 1.54) is 12.0 Å². The molecule has 7 rings (SSSR count). The smallest absolute Gasteiger partial charge is 0.340 e. The Morgan fingerprint density at radius 1 is 1.07 bits per heavy atom. The summed E-state index contributed by atoms with van der Waals surface area (Å²) in [5, 5.41) is 12.3. The van der Waals surface area contributed by atoms with Crippen LogP contribution in [0, 0.1) is 41.4 Å². The quantitative estimate of drug-likeness (QED) is 0.171. The van der Waals surface area contributed by atoms with Crippen molar-refractivity contribution in [1.82, 2.24) is 4.98 Å². The Kier molecular flexibility index (Phi) is 6.62. The number of aliphatic hydroxyl groups is 1. The Bertz CT molecular complexity index is 1740. The number of rotatable bonds is 4. The highest BCUT2D eigenvalue weighted by atomic mass is 16.5. The van der Waals surface area contributed by atoms with E-state index in [9.17, 15) is 14.7 Å². The summed E-state index contributed by atoms with van der Waals surface area (Å²) < 4.78 is 5.61. The first kappa shape index (κ1) is 27.2. The number of terminal acetylenes is 1. The molecule has 3 aromatic rings. The Hall–Kier alpha value is -3.69. The number of nitrogens with zero attached hydrogens (tertiary/aromatic N) is 1. The molecule has 2 aromatic carbocycles. The highest BCUT2D eigenvalue weighted by Crippen LogP contribution is 2.64. The van der Waals surface area contributed by atoms with Gasteiger partial charge in [-0.2, -0.15) is 0 Å². The van der Waals surface area contributed by atoms with Crippen LogP contribution in [0.15, 0.2) is 63.9 Å². The van der Waals surface area contributed by atoms with Crippen molar-refractivity contribution in [3.05, 3.63) is 69.9 Å². The SMILES string of the molecule is C#C[C@]1(O)CC[C@H]2[C@@H]3CCC4=CC(=NCCOC(=O)c5cccc6c(=O)c7ccccc7[nH]c56)CC[C@@H]4[C@H]3CC[C@@]21C. The van der Waals surface area contributed by atoms with E-state index < -0.39 is 11.6 Å². The summed E-state index contributed by atoms with van der Waals surface area (Å²) in [6.45, 7) is 2.84. The van der Waals surface area contributed by atoms with Gasteiger partial charge in [-0.3, -0.25) is 9.79 Å². The number of pyridine rings is 1. The molecule has 216 valence electrons. The molecule has 1 aromatic heterocycles. The van der Waals surface area contributed by atoms with Crippen LogP contribution in [-0.4, -0.2) is 40.5 Å². The minimum atomic E-state index is -0.951. The molecule has 6 atom stereocenters. The van der Waals surface area contributed by atoms with Gasteiger partial charge in [-0.25, -0.2) is 4.79 Å². The second kappa shape index (κ2) is 10.2. The van der Waals surface area contributed by atoms with E-state index >= 15 is 0 Å². The van der Waals surface area contributed by atoms with E-state index in [0.717, 1.165) is 50.7 Å². The lowest BCUT2D eigenvalue weighted by Crippen LogP contribution is -2.52. The predicted octanol–water partition coefficient (Wildman–Crippen LogP) is 6.22. The molecular formula is C36H38N2O4. The van der Waals surface area contributed by atoms with Crippen LogP contribution in [0.4, 0.5) is 0 Å². The van der Waals surface area contributed by atoms with Crippen LogP contribution in [0.5, 0.6) is 0 Å². The zero-order chi connectivity index (χ0) is 29.1. The van der Waals surface area contributed by atoms with Crippen LogP contribution < -0.4 is 5.43 Å². The Balaban J connectivity index is 1.01. The number of allylic oxidation sites excluding steroid dienone is 2. The number of aliphatic imine (C=N–C) groups is 1. The number of benzene rings is 2. The Morgan fingerprint density at radius 3 is 2.76 bits per heavy atom. The first-order valence-corrected chi connectivity index (χ1v) is 15.5. The van der Waals surface area contributed by atoms with E-state index in [1.54, 1.807) is 24.3 Å². The average molecular weight is 563 g/mol. The van der Waals surface area contributed by atoms with Gasteiger partial charge in [-0.05, 0) is 105 Å². The lowest BCUT2D eigenvalue weighted by molar-refractivity contribution is -0.0852. The largest absolute Gasteiger partial charge is 0.460 e. The number of nitrogens with one attached hydrogen (secondary N) is 1. The maximum atomic E-state index is 13.0. The third-order valence-electron chi connectivity index (χ3n) is 11.3. The number of fused-ring (bicyclic) bond motifs is 7. The van der Waals surface area contributed by atoms with Gasteiger partial charge in [0.1, 0.15) is 12.2 Å². The van der Waals surface area contributed by atoms with Crippen LogP contribution in [0.1, 0.15) is 68.6 Å². The fraction of sp³-hybridized carbons (Fsp3) is 0.472. The molecule has 0 amide bonds. The molecule has 6 heteroatoms. The normalized spacial score (nSPS) is 33.0. The monoisotopic (exact) mass is 562 g/mol. The van der Waals surface area contributed by atoms with Gasteiger partial charge in [0.2, 0.25) is 0 Å². The van der Waals surface area contributed by atoms with Gasteiger partial charge >= 0.3 is 5.97 Å². The van der Waals surface area contributed by atoms with Crippen LogP contribution in [-0.2, 0) is 4.74 Å². The molecule has 0 spiro atoms. The number of aromatic nitrogens is 1. The molecule has 6 nitrogen and oxygen atoms in total. The zero-order valence-corrected chi connectivity index (χ0v) is 24.2. The predicted molar refractivity (Wildman–Crippen MR) is 166 cm³/mol. The van der Waals surface area contributed by atoms with Crippen molar-refractivity contribution in [3.63, 3.8) is 0 Å². The molecule has 0 aliphatic heterocycles. The zero-order valence-electron chi connectivity index (χ0n) is 24.2. The highest BCUT2D eigenvalue weighted by molar-refractivity contribution is 6.05. The summed E-state index contributed by atoms with van der Waals surface area (Å²) in [5.41, 5.74) is 2.97. The number of hydrogen-bond acceptors (Lipinski definition) is 5. The second-order valence-electron chi connectivity index (χ2n) is 13.1. The van der Waals surface area contributed by atoms with E-state index in [0.29, 0.717) is 57.6 Å². The van der Waals surface area contributed by atoms with Crippen LogP contribution in [0.25, 0.3) is 21.8 Å². The highest BCUT2D eigenvalue weighted by Gasteiger charge is 2.61. The van der Waals surface area contributed by atoms with Crippen molar-refractivity contribution in [3.8, 4) is 12.3 Å². The van der Waals surface area contributed by atoms with Gasteiger partial charge in [0.15, 0.2) is 5.43 Å². The van der Waals surface area contributed by atoms with Crippen molar-refractivity contribution < 1.29 is 14.6 Å². The number of carbonyl (C=O) groups excluding carboxylic acids is 1. The first-order chi connectivity index (χ1) is 20.3. The van der Waals surface area contributed by atoms with Gasteiger partial charge in [0.05, 0.1) is 17.6 Å². The molecule has 0 radical (unpaired) electrons. The molecule has 42 heavy (non-hydrogen) atoms. The van der Waals surface area contributed by atoms with Crippen molar-refractivity contribution >= 4 is 33.5 Å². The lowest BCUT2D eigenvalue weighted by Gasteiger charge is -2.54. The van der Waals surface area contributed by atoms with Crippen molar-refractivity contribution in [2.24, 2.45) is 34.1 Å². The van der Waals surface area contributed by atoms with Crippen molar-refractivity contribution in [1.29, 1.82) is 0 Å². The number of ether oxygens (including phenoxy) is 1. The van der Waals surface area contributed by atoms with E-state index in [-0.39, 0.29) is 17.5 Å². The van der Waals surface area contributed by atoms with Gasteiger partial charge < -0.3 is 14.8 Å². The maximum Gasteiger partial charge on any atom is 0.340 e. The fourth-order valence-electron chi connectivity index (χ4n) is 9.09. The van der Waals surface area contributed by atoms with Gasteiger partial charge in [-0.1, -0.05) is 36.6 Å². The summed E-state index contributed by atoms with van der Waals surface area (Å²) >= 11 is 0. The molecule has 3 saturated carbocycles. The van der Waals surface area contributed by atoms with E-state index in [1.807, 2.05) is 18.2 Å². The second-order valence-corrected chi connectivity index (χ2v) is 13.1. The third kappa shape index (κ3) is 4.16. The number of para-hydroxylation sites is 2. The standard InChI is InChI=1S/C36H38N2O4/c1-3-36(41)18-16-30-26-13-11-22-21-23(12-14-24(22)25(26)15-17-35(30,36)2)37-19-20-42-34(40)29-9-6-8-28-32(29)38-31-10-5-4-7-27(31)33(28)39/h1,4-10,21,24-26,30,41H,11-20H2,2H3,(H,38,39)/t24-,25+,26+,30-,35-,36-/m0/s1. The Labute approximate surface area is 246 Å². The number of carbonyl (C=O) groups is 1. The van der Waals surface area contributed by atoms with Crippen LogP contribution in [0.2, 0.25) is 0 Å². The minimum Gasteiger partial charge on any atom is -0.460 e. The number of aromatic amines is 1. The van der Waals surface area contributed by atoms with Crippen molar-refractivity contribution in [2.45, 2.75) is 63.9 Å². The van der Waals surface area contributed by atoms with Crippen LogP contribution >= 0.6 is 0 Å². The molecule has 0 bridgehead atoms. The average Bonchev–Trinajstić information content (AvgIpc) is 3.29. The summed E-state index contributed by atoms with van der Waals surface area (Å²) in [6.07, 6.45) is 16.4. The number of hydrogen-bond donors (Lipinski definition) is 2. The molecular weight excluding hydrogens is 524 g/mol. The van der Waals surface area contributed by atoms with Gasteiger partial charge in [0, 0.05) is 27.4 Å². The maximum absolute atomic E-state index is 13.0. The minimum absolute atomic E-state index is 0.0994. The van der Waals surface area contributed by atoms with Gasteiger partial charge in [-0.15, -0.1) is 6.42 Å². The number of esters is 1. The summed E-state index contributed by atoms with van der Waals surface area (Å²) in [7, 11) is 0. The molecule has 0 unspecified atom stereocenters. The molecule has 1 heterocycles. The topological polar surface area (TPSA) is 91.8 Å². The van der Waals surface area contributed by atoms with Crippen molar-refractivity contribution in [2.75, 3.05) is 13.2 Å². The fourth-order valence-corrected chi connectivity index (χ4v) is 9.09. The van der Waals surface area contributed by atoms with Crippen LogP contribution in [0.3, 0.4) is 0 Å². The molecule has 2 N–H and O–H groups in total. The van der Waals surface area contributed by atoms with E-state index in [2.05, 4.69) is 23.9 Å². The summed E-state index contributed by atoms with van der Waals surface area (Å²) in [4.78, 5) is 34.0. The molecule has 0 saturated heterocycles. The lowest BCUT2D eigenvalue weighted by atomic mass is 9.50. The molecule has 4 aliphatic rings. The molecule has 3 fully saturated rings. The summed E-state index contributed by atoms with van der Waals surface area (Å²) in [6, 6.07) is 12.5. The first-order valence-electron chi connectivity index (χ1n) is 15.5. The Morgan fingerprint density at radius 2 is 1.90 bits per heavy atom. The number of H-pyrrole nitrogens is 1. The molecule has 4 aliphatic carbocycles. The van der Waals surface area contributed by atoms with Gasteiger partial charge in [0.25, 0.3) is 0 Å². The third-order valence-corrected chi connectivity index (χ3v) is 11.3. The summed E-state index contributed by atoms with van der Waals surface area (Å²) in [5.74, 6) is 4.76.